The van der Waals surface area contributed by atoms with Crippen LogP contribution < -0.4 is 0 Å². The Morgan fingerprint density at radius 2 is 2.27 bits per heavy atom. The van der Waals surface area contributed by atoms with Crippen LogP contribution in [0.15, 0.2) is 6.20 Å². The van der Waals surface area contributed by atoms with Crippen molar-refractivity contribution < 1.29 is 4.79 Å². The van der Waals surface area contributed by atoms with Crippen molar-refractivity contribution in [3.63, 3.8) is 0 Å². The highest BCUT2D eigenvalue weighted by Gasteiger charge is 2.06. The van der Waals surface area contributed by atoms with Gasteiger partial charge in [-0.3, -0.25) is 4.79 Å². The lowest BCUT2D eigenvalue weighted by Gasteiger charge is -1.97. The van der Waals surface area contributed by atoms with E-state index in [0.717, 1.165) is 0 Å². The summed E-state index contributed by atoms with van der Waals surface area (Å²) in [5, 5.41) is 0.227. The molecule has 0 aliphatic rings. The molecule has 0 unspecified atom stereocenters. The number of halogens is 1. The maximum Gasteiger partial charge on any atom is 0.164 e. The van der Waals surface area contributed by atoms with Crippen molar-refractivity contribution in [2.45, 2.75) is 13.8 Å². The lowest BCUT2D eigenvalue weighted by molar-refractivity contribution is 0.101. The summed E-state index contributed by atoms with van der Waals surface area (Å²) < 4.78 is 0. The summed E-state index contributed by atoms with van der Waals surface area (Å²) in [5.74, 6) is 0.454. The number of Topliss-reactive ketones (excluding diaryl/α,β-unsaturated/α-hetero) is 1. The third-order valence-electron chi connectivity index (χ3n) is 1.24. The number of hydrogen-bond acceptors (Lipinski definition) is 3. The first kappa shape index (κ1) is 8.14. The van der Waals surface area contributed by atoms with Crippen LogP contribution in [0, 0.1) is 6.92 Å². The molecule has 1 rings (SSSR count). The minimum atomic E-state index is -0.116. The first-order valence-corrected chi connectivity index (χ1v) is 3.49. The SMILES string of the molecule is CC(=O)c1cnc(C)nc1Cl. The van der Waals surface area contributed by atoms with Gasteiger partial charge in [0.05, 0.1) is 5.56 Å². The van der Waals surface area contributed by atoms with E-state index < -0.39 is 0 Å². The monoisotopic (exact) mass is 170 g/mol. The molecule has 0 amide bonds. The zero-order valence-electron chi connectivity index (χ0n) is 6.26. The van der Waals surface area contributed by atoms with E-state index in [9.17, 15) is 4.79 Å². The molecule has 1 aromatic heterocycles. The Balaban J connectivity index is 3.20. The van der Waals surface area contributed by atoms with Crippen LogP contribution >= 0.6 is 11.6 Å². The molecule has 0 N–H and O–H groups in total. The maximum atomic E-state index is 10.8. The molecular formula is C7H7ClN2O. The summed E-state index contributed by atoms with van der Waals surface area (Å²) in [7, 11) is 0. The van der Waals surface area contributed by atoms with Crippen molar-refractivity contribution >= 4 is 17.4 Å². The fraction of sp³-hybridized carbons (Fsp3) is 0.286. The topological polar surface area (TPSA) is 42.9 Å². The molecule has 0 aromatic carbocycles. The number of aryl methyl sites for hydroxylation is 1. The number of aromatic nitrogens is 2. The number of hydrogen-bond donors (Lipinski definition) is 0. The minimum Gasteiger partial charge on any atom is -0.294 e. The molecule has 0 fully saturated rings. The van der Waals surface area contributed by atoms with Crippen LogP contribution in [0.2, 0.25) is 5.15 Å². The smallest absolute Gasteiger partial charge is 0.164 e. The van der Waals surface area contributed by atoms with E-state index in [1.807, 2.05) is 0 Å². The average Bonchev–Trinajstić information content (AvgIpc) is 1.85. The van der Waals surface area contributed by atoms with Gasteiger partial charge < -0.3 is 0 Å². The summed E-state index contributed by atoms with van der Waals surface area (Å²) in [4.78, 5) is 18.5. The van der Waals surface area contributed by atoms with Gasteiger partial charge in [0.15, 0.2) is 5.78 Å². The van der Waals surface area contributed by atoms with Crippen molar-refractivity contribution in [2.75, 3.05) is 0 Å². The number of carbonyl (C=O) groups excluding carboxylic acids is 1. The lowest BCUT2D eigenvalue weighted by atomic mass is 10.2. The van der Waals surface area contributed by atoms with Crippen molar-refractivity contribution in [3.8, 4) is 0 Å². The third-order valence-corrected chi connectivity index (χ3v) is 1.53. The molecule has 0 radical (unpaired) electrons. The summed E-state index contributed by atoms with van der Waals surface area (Å²) >= 11 is 5.65. The molecule has 0 saturated carbocycles. The Morgan fingerprint density at radius 3 is 2.73 bits per heavy atom. The van der Waals surface area contributed by atoms with Crippen molar-refractivity contribution in [1.29, 1.82) is 0 Å². The molecule has 0 bridgehead atoms. The number of ketones is 1. The van der Waals surface area contributed by atoms with E-state index in [1.54, 1.807) is 6.92 Å². The van der Waals surface area contributed by atoms with Crippen molar-refractivity contribution in [2.24, 2.45) is 0 Å². The number of nitrogens with zero attached hydrogens (tertiary/aromatic N) is 2. The van der Waals surface area contributed by atoms with Gasteiger partial charge in [0.25, 0.3) is 0 Å². The van der Waals surface area contributed by atoms with E-state index in [2.05, 4.69) is 9.97 Å². The van der Waals surface area contributed by atoms with Crippen LogP contribution in [0.5, 0.6) is 0 Å². The predicted octanol–water partition coefficient (Wildman–Crippen LogP) is 1.64. The van der Waals surface area contributed by atoms with E-state index in [0.29, 0.717) is 11.4 Å². The quantitative estimate of drug-likeness (QED) is 0.475. The summed E-state index contributed by atoms with van der Waals surface area (Å²) in [6, 6.07) is 0. The normalized spacial score (nSPS) is 9.73. The van der Waals surface area contributed by atoms with Crippen LogP contribution in [0.3, 0.4) is 0 Å². The molecule has 0 atom stereocenters. The van der Waals surface area contributed by atoms with Crippen LogP contribution in [0.4, 0.5) is 0 Å². The predicted molar refractivity (Wildman–Crippen MR) is 41.8 cm³/mol. The second-order valence-electron chi connectivity index (χ2n) is 2.18. The molecule has 3 nitrogen and oxygen atoms in total. The Labute approximate surface area is 69.4 Å². The molecule has 0 saturated heterocycles. The second-order valence-corrected chi connectivity index (χ2v) is 2.54. The largest absolute Gasteiger partial charge is 0.294 e. The third kappa shape index (κ3) is 1.74. The van der Waals surface area contributed by atoms with Gasteiger partial charge in [-0.15, -0.1) is 0 Å². The highest BCUT2D eigenvalue weighted by Crippen LogP contribution is 2.11. The summed E-state index contributed by atoms with van der Waals surface area (Å²) in [5.41, 5.74) is 0.372. The van der Waals surface area contributed by atoms with Gasteiger partial charge in [-0.05, 0) is 13.8 Å². The Morgan fingerprint density at radius 1 is 1.64 bits per heavy atom. The Bertz CT molecular complexity index is 298. The average molecular weight is 171 g/mol. The van der Waals surface area contributed by atoms with Gasteiger partial charge >= 0.3 is 0 Å². The molecule has 1 aromatic rings. The summed E-state index contributed by atoms with van der Waals surface area (Å²) in [6.45, 7) is 3.15. The standard InChI is InChI=1S/C7H7ClN2O/c1-4(11)6-3-9-5(2)10-7(6)8/h3H,1-2H3. The fourth-order valence-electron chi connectivity index (χ4n) is 0.679. The zero-order valence-corrected chi connectivity index (χ0v) is 7.01. The zero-order chi connectivity index (χ0) is 8.43. The molecule has 1 heterocycles. The van der Waals surface area contributed by atoms with Crippen molar-refractivity contribution in [3.05, 3.63) is 22.7 Å². The fourth-order valence-corrected chi connectivity index (χ4v) is 0.983. The van der Waals surface area contributed by atoms with Gasteiger partial charge in [0, 0.05) is 6.20 Å². The van der Waals surface area contributed by atoms with Gasteiger partial charge in [-0.2, -0.15) is 0 Å². The van der Waals surface area contributed by atoms with Gasteiger partial charge in [-0.1, -0.05) is 11.6 Å². The van der Waals surface area contributed by atoms with Crippen molar-refractivity contribution in [1.82, 2.24) is 9.97 Å². The first-order chi connectivity index (χ1) is 5.11. The van der Waals surface area contributed by atoms with E-state index >= 15 is 0 Å². The molecule has 4 heteroatoms. The minimum absolute atomic E-state index is 0.116. The first-order valence-electron chi connectivity index (χ1n) is 3.11. The Kier molecular flexibility index (Phi) is 2.19. The van der Waals surface area contributed by atoms with Crippen LogP contribution in [-0.2, 0) is 0 Å². The van der Waals surface area contributed by atoms with Crippen LogP contribution in [0.25, 0.3) is 0 Å². The number of rotatable bonds is 1. The molecule has 58 valence electrons. The molecule has 0 aliphatic carbocycles. The van der Waals surface area contributed by atoms with E-state index in [1.165, 1.54) is 13.1 Å². The molecule has 0 aliphatic heterocycles. The van der Waals surface area contributed by atoms with Crippen LogP contribution in [-0.4, -0.2) is 15.8 Å². The van der Waals surface area contributed by atoms with E-state index in [4.69, 9.17) is 11.6 Å². The highest BCUT2D eigenvalue weighted by atomic mass is 35.5. The summed E-state index contributed by atoms with van der Waals surface area (Å²) in [6.07, 6.45) is 1.44. The molecule has 0 spiro atoms. The van der Waals surface area contributed by atoms with Crippen LogP contribution in [0.1, 0.15) is 23.1 Å². The maximum absolute atomic E-state index is 10.8. The second kappa shape index (κ2) is 2.96. The Hall–Kier alpha value is -0.960. The molecule has 11 heavy (non-hydrogen) atoms. The van der Waals surface area contributed by atoms with E-state index in [-0.39, 0.29) is 10.9 Å². The molecular weight excluding hydrogens is 164 g/mol. The van der Waals surface area contributed by atoms with Gasteiger partial charge in [-0.25, -0.2) is 9.97 Å². The van der Waals surface area contributed by atoms with Gasteiger partial charge in [0.1, 0.15) is 11.0 Å². The highest BCUT2D eigenvalue weighted by molar-refractivity contribution is 6.32. The number of carbonyl (C=O) groups is 1. The van der Waals surface area contributed by atoms with Gasteiger partial charge in [0.2, 0.25) is 0 Å². The lowest BCUT2D eigenvalue weighted by Crippen LogP contribution is -1.98.